The van der Waals surface area contributed by atoms with E-state index in [-0.39, 0.29) is 11.8 Å². The van der Waals surface area contributed by atoms with Gasteiger partial charge < -0.3 is 9.22 Å². The molecule has 0 fully saturated rings. The molecule has 2 amide bonds. The maximum atomic E-state index is 12.8. The highest BCUT2D eigenvalue weighted by atomic mass is 16.5. The summed E-state index contributed by atoms with van der Waals surface area (Å²) in [6.07, 6.45) is 0.780. The van der Waals surface area contributed by atoms with Crippen LogP contribution in [0.2, 0.25) is 0 Å². The van der Waals surface area contributed by atoms with Crippen molar-refractivity contribution >= 4 is 22.6 Å². The lowest BCUT2D eigenvalue weighted by Crippen LogP contribution is -2.43. The zero-order valence-electron chi connectivity index (χ0n) is 14.6. The first-order valence-corrected chi connectivity index (χ1v) is 8.10. The SMILES string of the molecule is COc1ccc2c3c(cccc13)C(=O)N(CCC[N+](C)(C)C)C2=O. The molecule has 0 atom stereocenters. The van der Waals surface area contributed by atoms with Crippen molar-refractivity contribution in [2.45, 2.75) is 6.42 Å². The number of carbonyl (C=O) groups excluding carboxylic acids is 2. The van der Waals surface area contributed by atoms with E-state index in [0.717, 1.165) is 22.8 Å². The van der Waals surface area contributed by atoms with E-state index in [4.69, 9.17) is 4.74 Å². The predicted octanol–water partition coefficient (Wildman–Crippen LogP) is 2.54. The molecule has 24 heavy (non-hydrogen) atoms. The second-order valence-electron chi connectivity index (χ2n) is 7.17. The number of rotatable bonds is 5. The van der Waals surface area contributed by atoms with Crippen molar-refractivity contribution in [1.82, 2.24) is 4.90 Å². The molecule has 0 aromatic heterocycles. The van der Waals surface area contributed by atoms with Gasteiger partial charge >= 0.3 is 0 Å². The highest BCUT2D eigenvalue weighted by molar-refractivity contribution is 6.26. The number of hydrogen-bond donors (Lipinski definition) is 0. The lowest BCUT2D eigenvalue weighted by Gasteiger charge is -2.29. The maximum Gasteiger partial charge on any atom is 0.261 e. The van der Waals surface area contributed by atoms with Gasteiger partial charge in [0, 0.05) is 34.9 Å². The average molecular weight is 327 g/mol. The number of benzene rings is 2. The van der Waals surface area contributed by atoms with Gasteiger partial charge in [-0.2, -0.15) is 0 Å². The van der Waals surface area contributed by atoms with Crippen LogP contribution in [0.25, 0.3) is 10.8 Å². The van der Waals surface area contributed by atoms with Gasteiger partial charge in [0.2, 0.25) is 0 Å². The van der Waals surface area contributed by atoms with Gasteiger partial charge in [-0.15, -0.1) is 0 Å². The van der Waals surface area contributed by atoms with Crippen LogP contribution in [0.4, 0.5) is 0 Å². The fourth-order valence-corrected chi connectivity index (χ4v) is 3.20. The molecule has 0 spiro atoms. The molecule has 1 aliphatic heterocycles. The molecule has 0 bridgehead atoms. The smallest absolute Gasteiger partial charge is 0.261 e. The molecule has 5 heteroatoms. The van der Waals surface area contributed by atoms with Crippen LogP contribution in [0.3, 0.4) is 0 Å². The summed E-state index contributed by atoms with van der Waals surface area (Å²) in [5.41, 5.74) is 1.15. The minimum atomic E-state index is -0.215. The van der Waals surface area contributed by atoms with Crippen LogP contribution in [-0.2, 0) is 0 Å². The molecule has 0 saturated heterocycles. The summed E-state index contributed by atoms with van der Waals surface area (Å²) in [6.45, 7) is 1.34. The van der Waals surface area contributed by atoms with Crippen LogP contribution in [0.1, 0.15) is 27.1 Å². The summed E-state index contributed by atoms with van der Waals surface area (Å²) in [5.74, 6) is 0.246. The average Bonchev–Trinajstić information content (AvgIpc) is 2.54. The van der Waals surface area contributed by atoms with Crippen LogP contribution in [-0.4, -0.2) is 62.5 Å². The van der Waals surface area contributed by atoms with Gasteiger partial charge in [-0.25, -0.2) is 0 Å². The number of methoxy groups -OCH3 is 1. The monoisotopic (exact) mass is 327 g/mol. The second-order valence-corrected chi connectivity index (χ2v) is 7.17. The lowest BCUT2D eigenvalue weighted by atomic mass is 9.93. The maximum absolute atomic E-state index is 12.8. The number of hydrogen-bond acceptors (Lipinski definition) is 3. The van der Waals surface area contributed by atoms with E-state index in [2.05, 4.69) is 21.1 Å². The molecule has 0 N–H and O–H groups in total. The zero-order valence-corrected chi connectivity index (χ0v) is 14.6. The van der Waals surface area contributed by atoms with Crippen LogP contribution < -0.4 is 4.74 Å². The first-order chi connectivity index (χ1) is 11.3. The first-order valence-electron chi connectivity index (χ1n) is 8.10. The van der Waals surface area contributed by atoms with Gasteiger partial charge in [0.05, 0.1) is 34.8 Å². The molecule has 1 heterocycles. The molecule has 2 aromatic carbocycles. The molecule has 0 saturated carbocycles. The van der Waals surface area contributed by atoms with E-state index in [1.54, 1.807) is 25.3 Å². The van der Waals surface area contributed by atoms with Crippen molar-refractivity contribution < 1.29 is 18.8 Å². The lowest BCUT2D eigenvalue weighted by molar-refractivity contribution is -0.870. The number of imide groups is 1. The van der Waals surface area contributed by atoms with E-state index < -0.39 is 0 Å². The summed E-state index contributed by atoms with van der Waals surface area (Å²) in [6, 6.07) is 9.05. The highest BCUT2D eigenvalue weighted by Gasteiger charge is 2.33. The quantitative estimate of drug-likeness (QED) is 0.626. The van der Waals surface area contributed by atoms with E-state index in [1.807, 2.05) is 12.1 Å². The molecule has 3 rings (SSSR count). The number of amides is 2. The summed E-state index contributed by atoms with van der Waals surface area (Å²) in [7, 11) is 7.89. The Balaban J connectivity index is 2.00. The number of nitrogens with zero attached hydrogens (tertiary/aromatic N) is 2. The molecule has 2 aromatic rings. The fraction of sp³-hybridized carbons (Fsp3) is 0.368. The third kappa shape index (κ3) is 2.76. The molecular weight excluding hydrogens is 304 g/mol. The van der Waals surface area contributed by atoms with Crippen LogP contribution in [0, 0.1) is 0 Å². The first kappa shape index (κ1) is 16.5. The van der Waals surface area contributed by atoms with Crippen LogP contribution in [0.5, 0.6) is 5.75 Å². The summed E-state index contributed by atoms with van der Waals surface area (Å²) in [5, 5.41) is 1.51. The van der Waals surface area contributed by atoms with Crippen molar-refractivity contribution in [3.05, 3.63) is 41.5 Å². The van der Waals surface area contributed by atoms with E-state index in [9.17, 15) is 9.59 Å². The Labute approximate surface area is 142 Å². The van der Waals surface area contributed by atoms with E-state index in [0.29, 0.717) is 28.8 Å². The van der Waals surface area contributed by atoms with Crippen molar-refractivity contribution in [3.8, 4) is 5.75 Å². The molecule has 126 valence electrons. The molecule has 0 unspecified atom stereocenters. The molecule has 5 nitrogen and oxygen atoms in total. The van der Waals surface area contributed by atoms with Crippen molar-refractivity contribution in [2.24, 2.45) is 0 Å². The standard InChI is InChI=1S/C19H23N2O3/c1-21(2,3)12-6-11-20-18(22)14-8-5-7-13-16(24-4)10-9-15(17(13)14)19(20)23/h5,7-10H,6,11-12H2,1-4H3/q+1. The molecular formula is C19H23N2O3+. The summed E-state index contributed by atoms with van der Waals surface area (Å²) < 4.78 is 6.17. The molecule has 1 aliphatic rings. The Morgan fingerprint density at radius 1 is 1.00 bits per heavy atom. The van der Waals surface area contributed by atoms with Crippen molar-refractivity contribution in [2.75, 3.05) is 41.3 Å². The largest absolute Gasteiger partial charge is 0.496 e. The van der Waals surface area contributed by atoms with Crippen LogP contribution >= 0.6 is 0 Å². The topological polar surface area (TPSA) is 46.6 Å². The van der Waals surface area contributed by atoms with E-state index >= 15 is 0 Å². The normalized spacial score (nSPS) is 14.4. The summed E-state index contributed by atoms with van der Waals surface area (Å²) in [4.78, 5) is 27.0. The van der Waals surface area contributed by atoms with Gasteiger partial charge in [-0.1, -0.05) is 12.1 Å². The number of carbonyl (C=O) groups is 2. The number of quaternary nitrogens is 1. The molecule has 0 aliphatic carbocycles. The minimum absolute atomic E-state index is 0.215. The minimum Gasteiger partial charge on any atom is -0.496 e. The second kappa shape index (κ2) is 5.91. The predicted molar refractivity (Wildman–Crippen MR) is 93.4 cm³/mol. The van der Waals surface area contributed by atoms with Crippen molar-refractivity contribution in [3.63, 3.8) is 0 Å². The Kier molecular flexibility index (Phi) is 4.05. The van der Waals surface area contributed by atoms with Gasteiger partial charge in [0.25, 0.3) is 11.8 Å². The Bertz CT molecular complexity index is 799. The zero-order chi connectivity index (χ0) is 17.5. The van der Waals surface area contributed by atoms with E-state index in [1.165, 1.54) is 4.90 Å². The number of ether oxygens (including phenoxy) is 1. The Morgan fingerprint density at radius 3 is 2.29 bits per heavy atom. The highest BCUT2D eigenvalue weighted by Crippen LogP contribution is 2.35. The van der Waals surface area contributed by atoms with Gasteiger partial charge in [0.15, 0.2) is 0 Å². The van der Waals surface area contributed by atoms with Crippen LogP contribution in [0.15, 0.2) is 30.3 Å². The third-order valence-electron chi connectivity index (χ3n) is 4.38. The van der Waals surface area contributed by atoms with Gasteiger partial charge in [-0.3, -0.25) is 14.5 Å². The third-order valence-corrected chi connectivity index (χ3v) is 4.38. The Hall–Kier alpha value is -2.40. The molecule has 0 radical (unpaired) electrons. The van der Waals surface area contributed by atoms with Crippen molar-refractivity contribution in [1.29, 1.82) is 0 Å². The van der Waals surface area contributed by atoms with Gasteiger partial charge in [-0.05, 0) is 18.2 Å². The fourth-order valence-electron chi connectivity index (χ4n) is 3.20. The van der Waals surface area contributed by atoms with Gasteiger partial charge in [0.1, 0.15) is 5.75 Å². The summed E-state index contributed by atoms with van der Waals surface area (Å²) >= 11 is 0. The Morgan fingerprint density at radius 2 is 1.67 bits per heavy atom.